The lowest BCUT2D eigenvalue weighted by Gasteiger charge is -2.14. The highest BCUT2D eigenvalue weighted by molar-refractivity contribution is 6.30. The van der Waals surface area contributed by atoms with Gasteiger partial charge in [-0.3, -0.25) is 14.4 Å². The average Bonchev–Trinajstić information content (AvgIpc) is 3.39. The van der Waals surface area contributed by atoms with E-state index in [1.807, 2.05) is 0 Å². The van der Waals surface area contributed by atoms with Gasteiger partial charge in [0.15, 0.2) is 0 Å². The second-order valence-corrected chi connectivity index (χ2v) is 10.1. The highest BCUT2D eigenvalue weighted by Gasteiger charge is 2.25. The van der Waals surface area contributed by atoms with Crippen LogP contribution in [0.25, 0.3) is 0 Å². The van der Waals surface area contributed by atoms with Crippen molar-refractivity contribution in [3.05, 3.63) is 126 Å². The third kappa shape index (κ3) is 7.62. The first-order valence-electron chi connectivity index (χ1n) is 13.5. The number of anilines is 1. The van der Waals surface area contributed by atoms with E-state index in [9.17, 15) is 24.0 Å². The molecule has 0 N–H and O–H groups in total. The van der Waals surface area contributed by atoms with Gasteiger partial charge in [-0.1, -0.05) is 12.1 Å². The first-order valence-corrected chi connectivity index (χ1v) is 13.9. The van der Waals surface area contributed by atoms with Gasteiger partial charge < -0.3 is 18.9 Å². The van der Waals surface area contributed by atoms with Crippen molar-refractivity contribution in [2.75, 3.05) is 12.0 Å². The highest BCUT2D eigenvalue weighted by atomic mass is 35.5. The topological polar surface area (TPSA) is 126 Å². The van der Waals surface area contributed by atoms with Gasteiger partial charge in [-0.25, -0.2) is 14.5 Å². The summed E-state index contributed by atoms with van der Waals surface area (Å²) in [4.78, 5) is 62.1. The zero-order chi connectivity index (χ0) is 31.9. The zero-order valence-electron chi connectivity index (χ0n) is 23.7. The number of carbonyl (C=O) groups excluding carboxylic acids is 5. The summed E-state index contributed by atoms with van der Waals surface area (Å²) in [6.07, 6.45) is 2.50. The summed E-state index contributed by atoms with van der Waals surface area (Å²) in [5.41, 5.74) is 1.64. The first-order chi connectivity index (χ1) is 21.7. The Morgan fingerprint density at radius 1 is 0.622 bits per heavy atom. The van der Waals surface area contributed by atoms with Crippen molar-refractivity contribution in [2.24, 2.45) is 0 Å². The molecule has 1 unspecified atom stereocenters. The van der Waals surface area contributed by atoms with Crippen LogP contribution >= 0.6 is 11.6 Å². The summed E-state index contributed by atoms with van der Waals surface area (Å²) in [6.45, 7) is 0. The van der Waals surface area contributed by atoms with Gasteiger partial charge in [0, 0.05) is 12.2 Å². The Bertz CT molecular complexity index is 1750. The van der Waals surface area contributed by atoms with Crippen LogP contribution in [0.3, 0.4) is 0 Å². The zero-order valence-corrected chi connectivity index (χ0v) is 24.4. The number of halogens is 1. The number of imide groups is 1. The van der Waals surface area contributed by atoms with Crippen molar-refractivity contribution in [1.29, 1.82) is 0 Å². The van der Waals surface area contributed by atoms with Gasteiger partial charge >= 0.3 is 17.9 Å². The molecule has 1 aliphatic rings. The van der Waals surface area contributed by atoms with Crippen LogP contribution in [-0.2, 0) is 20.8 Å². The molecule has 0 fully saturated rings. The van der Waals surface area contributed by atoms with Crippen molar-refractivity contribution in [3.8, 4) is 23.0 Å². The summed E-state index contributed by atoms with van der Waals surface area (Å²) < 4.78 is 21.2. The third-order valence-corrected chi connectivity index (χ3v) is 6.89. The van der Waals surface area contributed by atoms with Crippen LogP contribution in [0.4, 0.5) is 5.69 Å². The maximum Gasteiger partial charge on any atom is 0.343 e. The second-order valence-electron chi connectivity index (χ2n) is 9.61. The highest BCUT2D eigenvalue weighted by Crippen LogP contribution is 2.24. The predicted molar refractivity (Wildman–Crippen MR) is 163 cm³/mol. The first kappa shape index (κ1) is 30.7. The van der Waals surface area contributed by atoms with E-state index in [1.54, 1.807) is 48.5 Å². The molecular weight excluding hydrogens is 602 g/mol. The molecule has 1 aliphatic heterocycles. The Kier molecular flexibility index (Phi) is 9.35. The monoisotopic (exact) mass is 625 g/mol. The third-order valence-electron chi connectivity index (χ3n) is 6.55. The molecule has 2 amide bonds. The van der Waals surface area contributed by atoms with E-state index >= 15 is 0 Å². The molecule has 45 heavy (non-hydrogen) atoms. The van der Waals surface area contributed by atoms with Crippen molar-refractivity contribution < 1.29 is 42.9 Å². The number of amides is 2. The van der Waals surface area contributed by atoms with E-state index in [0.717, 1.165) is 4.90 Å². The van der Waals surface area contributed by atoms with Crippen molar-refractivity contribution in [2.45, 2.75) is 11.8 Å². The number of hydrogen-bond acceptors (Lipinski definition) is 9. The number of nitrogens with zero attached hydrogens (tertiary/aromatic N) is 1. The van der Waals surface area contributed by atoms with Crippen LogP contribution in [0.2, 0.25) is 0 Å². The van der Waals surface area contributed by atoms with Crippen LogP contribution in [0.15, 0.2) is 109 Å². The Hall–Kier alpha value is -5.74. The Labute approximate surface area is 262 Å². The molecule has 0 radical (unpaired) electrons. The molecule has 0 spiro atoms. The molecule has 5 rings (SSSR count). The molecule has 0 saturated carbocycles. The van der Waals surface area contributed by atoms with E-state index in [2.05, 4.69) is 0 Å². The Morgan fingerprint density at radius 2 is 1.04 bits per heavy atom. The summed E-state index contributed by atoms with van der Waals surface area (Å²) in [6, 6.07) is 24.8. The SMILES string of the molecule is COc1ccc(C(=O)Oc2ccc(C(=O)Oc3ccc(CC(Cl)C(=O)Oc4ccc(N5C(=O)C=CC5=O)cc4)cc3)cc2)cc1. The molecule has 226 valence electrons. The van der Waals surface area contributed by atoms with Gasteiger partial charge in [0.25, 0.3) is 11.8 Å². The molecule has 10 nitrogen and oxygen atoms in total. The van der Waals surface area contributed by atoms with Crippen molar-refractivity contribution in [3.63, 3.8) is 0 Å². The van der Waals surface area contributed by atoms with Gasteiger partial charge in [-0.05, 0) is 96.9 Å². The molecule has 0 saturated heterocycles. The molecular formula is C34H24ClNO9. The lowest BCUT2D eigenvalue weighted by Crippen LogP contribution is -2.29. The van der Waals surface area contributed by atoms with Gasteiger partial charge in [-0.15, -0.1) is 11.6 Å². The minimum absolute atomic E-state index is 0.145. The molecule has 1 heterocycles. The molecule has 0 bridgehead atoms. The molecule has 11 heteroatoms. The van der Waals surface area contributed by atoms with E-state index in [-0.39, 0.29) is 29.2 Å². The average molecular weight is 626 g/mol. The lowest BCUT2D eigenvalue weighted by atomic mass is 10.1. The minimum atomic E-state index is -1.01. The van der Waals surface area contributed by atoms with Crippen molar-refractivity contribution >= 4 is 47.0 Å². The molecule has 1 atom stereocenters. The number of rotatable bonds is 10. The number of carbonyl (C=O) groups is 5. The number of esters is 3. The van der Waals surface area contributed by atoms with Crippen LogP contribution in [0.1, 0.15) is 26.3 Å². The smallest absolute Gasteiger partial charge is 0.343 e. The standard InChI is InChI=1S/C34H24ClNO9/c1-42-25-12-4-22(5-13-25)32(39)44-27-14-6-23(7-15-27)33(40)43-26-10-2-21(3-11-26)20-29(35)34(41)45-28-16-8-24(9-17-28)36-30(37)18-19-31(36)38/h2-19,29H,20H2,1H3. The van der Waals surface area contributed by atoms with E-state index in [1.165, 1.54) is 67.8 Å². The molecule has 4 aromatic carbocycles. The van der Waals surface area contributed by atoms with Crippen LogP contribution in [0, 0.1) is 0 Å². The number of alkyl halides is 1. The number of hydrogen-bond donors (Lipinski definition) is 0. The number of methoxy groups -OCH3 is 1. The number of benzene rings is 4. The Morgan fingerprint density at radius 3 is 1.53 bits per heavy atom. The van der Waals surface area contributed by atoms with E-state index in [0.29, 0.717) is 22.6 Å². The molecule has 4 aromatic rings. The lowest BCUT2D eigenvalue weighted by molar-refractivity contribution is -0.134. The predicted octanol–water partition coefficient (Wildman–Crippen LogP) is 5.32. The molecule has 0 aromatic heterocycles. The van der Waals surface area contributed by atoms with Gasteiger partial charge in [-0.2, -0.15) is 0 Å². The normalized spacial score (nSPS) is 12.9. The molecule has 0 aliphatic carbocycles. The fourth-order valence-corrected chi connectivity index (χ4v) is 4.42. The van der Waals surface area contributed by atoms with Gasteiger partial charge in [0.2, 0.25) is 0 Å². The second kappa shape index (κ2) is 13.7. The minimum Gasteiger partial charge on any atom is -0.497 e. The fourth-order valence-electron chi connectivity index (χ4n) is 4.20. The maximum absolute atomic E-state index is 12.6. The summed E-state index contributed by atoms with van der Waals surface area (Å²) >= 11 is 6.28. The van der Waals surface area contributed by atoms with E-state index < -0.39 is 35.1 Å². The van der Waals surface area contributed by atoms with E-state index in [4.69, 9.17) is 30.5 Å². The van der Waals surface area contributed by atoms with Crippen LogP contribution in [-0.4, -0.2) is 42.2 Å². The van der Waals surface area contributed by atoms with Gasteiger partial charge in [0.1, 0.15) is 28.4 Å². The quantitative estimate of drug-likeness (QED) is 0.0996. The summed E-state index contributed by atoms with van der Waals surface area (Å²) in [5.74, 6) is -1.41. The van der Waals surface area contributed by atoms with Crippen molar-refractivity contribution in [1.82, 2.24) is 0 Å². The Balaban J connectivity index is 1.10. The fraction of sp³-hybridized carbons (Fsp3) is 0.0882. The largest absolute Gasteiger partial charge is 0.497 e. The van der Waals surface area contributed by atoms with Gasteiger partial charge in [0.05, 0.1) is 23.9 Å². The van der Waals surface area contributed by atoms with Crippen LogP contribution in [0.5, 0.6) is 23.0 Å². The number of ether oxygens (including phenoxy) is 4. The summed E-state index contributed by atoms with van der Waals surface area (Å²) in [7, 11) is 1.53. The maximum atomic E-state index is 12.6. The summed E-state index contributed by atoms with van der Waals surface area (Å²) in [5, 5.41) is -1.01. The van der Waals surface area contributed by atoms with Crippen LogP contribution < -0.4 is 23.8 Å².